The van der Waals surface area contributed by atoms with Crippen LogP contribution in [-0.2, 0) is 4.79 Å². The van der Waals surface area contributed by atoms with Crippen LogP contribution < -0.4 is 20.1 Å². The summed E-state index contributed by atoms with van der Waals surface area (Å²) in [4.78, 5) is 25.5. The molecule has 1 aliphatic heterocycles. The van der Waals surface area contributed by atoms with Gasteiger partial charge in [-0.3, -0.25) is 9.59 Å². The zero-order valence-corrected chi connectivity index (χ0v) is 17.1. The van der Waals surface area contributed by atoms with Gasteiger partial charge in [-0.2, -0.15) is 0 Å². The van der Waals surface area contributed by atoms with Crippen LogP contribution >= 0.6 is 0 Å². The average molecular weight is 444 g/mol. The molecule has 0 aliphatic carbocycles. The first kappa shape index (κ1) is 20.3. The maximum Gasteiger partial charge on any atom is 0.293 e. The maximum atomic E-state index is 13.5. The van der Waals surface area contributed by atoms with Crippen LogP contribution in [0.25, 0.3) is 17.0 Å². The first-order chi connectivity index (χ1) is 16.1. The molecule has 2 heterocycles. The molecule has 0 saturated heterocycles. The second-order valence-electron chi connectivity index (χ2n) is 7.20. The third-order valence-corrected chi connectivity index (χ3v) is 4.96. The van der Waals surface area contributed by atoms with Crippen LogP contribution in [0.2, 0.25) is 0 Å². The maximum absolute atomic E-state index is 13.5. The topological polar surface area (TPSA) is 89.8 Å². The van der Waals surface area contributed by atoms with Crippen LogP contribution in [0.3, 0.4) is 0 Å². The number of amides is 2. The Morgan fingerprint density at radius 1 is 0.909 bits per heavy atom. The van der Waals surface area contributed by atoms with E-state index in [0.29, 0.717) is 22.5 Å². The number of carbonyl (C=O) groups is 2. The van der Waals surface area contributed by atoms with E-state index in [4.69, 9.17) is 13.9 Å². The molecule has 1 aliphatic rings. The minimum Gasteiger partial charge on any atom is -0.454 e. The first-order valence-corrected chi connectivity index (χ1v) is 10.0. The Bertz CT molecular complexity index is 1410. The van der Waals surface area contributed by atoms with Gasteiger partial charge in [-0.1, -0.05) is 24.3 Å². The van der Waals surface area contributed by atoms with E-state index in [-0.39, 0.29) is 23.9 Å². The molecular formula is C25H17FN2O5. The third-order valence-electron chi connectivity index (χ3n) is 4.96. The predicted molar refractivity (Wildman–Crippen MR) is 121 cm³/mol. The highest BCUT2D eigenvalue weighted by Crippen LogP contribution is 2.33. The molecular weight excluding hydrogens is 427 g/mol. The molecule has 164 valence electrons. The van der Waals surface area contributed by atoms with Crippen LogP contribution in [0.4, 0.5) is 15.8 Å². The Kier molecular flexibility index (Phi) is 5.24. The second kappa shape index (κ2) is 8.51. The summed E-state index contributed by atoms with van der Waals surface area (Å²) < 4.78 is 29.8. The van der Waals surface area contributed by atoms with Crippen molar-refractivity contribution < 1.29 is 27.9 Å². The number of fused-ring (bicyclic) bond motifs is 2. The van der Waals surface area contributed by atoms with Crippen molar-refractivity contribution in [1.29, 1.82) is 0 Å². The lowest BCUT2D eigenvalue weighted by Gasteiger charge is -2.06. The van der Waals surface area contributed by atoms with Crippen LogP contribution in [0.5, 0.6) is 11.5 Å². The van der Waals surface area contributed by atoms with Gasteiger partial charge in [0.15, 0.2) is 11.5 Å². The fourth-order valence-electron chi connectivity index (χ4n) is 3.44. The normalized spacial score (nSPS) is 12.3. The van der Waals surface area contributed by atoms with Crippen molar-refractivity contribution in [3.05, 3.63) is 89.9 Å². The van der Waals surface area contributed by atoms with Gasteiger partial charge in [0.1, 0.15) is 17.1 Å². The number of benzene rings is 3. The fourth-order valence-corrected chi connectivity index (χ4v) is 3.44. The summed E-state index contributed by atoms with van der Waals surface area (Å²) >= 11 is 0. The minimum absolute atomic E-state index is 0.0923. The van der Waals surface area contributed by atoms with Gasteiger partial charge in [0.2, 0.25) is 18.5 Å². The zero-order valence-electron chi connectivity index (χ0n) is 17.1. The number of rotatable bonds is 5. The first-order valence-electron chi connectivity index (χ1n) is 10.0. The Morgan fingerprint density at radius 2 is 1.76 bits per heavy atom. The highest BCUT2D eigenvalue weighted by molar-refractivity contribution is 6.16. The zero-order chi connectivity index (χ0) is 22.8. The Morgan fingerprint density at radius 3 is 2.64 bits per heavy atom. The number of para-hydroxylation sites is 1. The summed E-state index contributed by atoms with van der Waals surface area (Å²) in [6, 6.07) is 17.7. The van der Waals surface area contributed by atoms with Gasteiger partial charge in [-0.05, 0) is 54.1 Å². The molecule has 0 saturated carbocycles. The van der Waals surface area contributed by atoms with Gasteiger partial charge in [0, 0.05) is 17.1 Å². The molecule has 0 spiro atoms. The van der Waals surface area contributed by atoms with E-state index in [2.05, 4.69) is 10.6 Å². The van der Waals surface area contributed by atoms with Crippen molar-refractivity contribution in [2.75, 3.05) is 17.4 Å². The molecule has 5 rings (SSSR count). The SMILES string of the molecule is O=C(C=Cc1ccc2c(c1)OCO2)Nc1c(C(=O)Nc2cccc(F)c2)oc2ccccc12. The monoisotopic (exact) mass is 444 g/mol. The van der Waals surface area contributed by atoms with Crippen LogP contribution in [0.1, 0.15) is 16.1 Å². The summed E-state index contributed by atoms with van der Waals surface area (Å²) in [5, 5.41) is 5.87. The van der Waals surface area contributed by atoms with Gasteiger partial charge in [0.25, 0.3) is 5.91 Å². The summed E-state index contributed by atoms with van der Waals surface area (Å²) in [7, 11) is 0. The van der Waals surface area contributed by atoms with Crippen molar-refractivity contribution in [3.8, 4) is 11.5 Å². The van der Waals surface area contributed by atoms with E-state index in [9.17, 15) is 14.0 Å². The standard InChI is InChI=1S/C25H17FN2O5/c26-16-4-3-5-17(13-16)27-25(30)24-23(18-6-1-2-7-19(18)33-24)28-22(29)11-9-15-8-10-20-21(12-15)32-14-31-20/h1-13H,14H2,(H,27,30)(H,28,29). The molecule has 0 atom stereocenters. The highest BCUT2D eigenvalue weighted by Gasteiger charge is 2.22. The van der Waals surface area contributed by atoms with Crippen molar-refractivity contribution in [2.24, 2.45) is 0 Å². The molecule has 3 aromatic carbocycles. The molecule has 33 heavy (non-hydrogen) atoms. The predicted octanol–water partition coefficient (Wildman–Crippen LogP) is 5.20. The van der Waals surface area contributed by atoms with Gasteiger partial charge in [0.05, 0.1) is 0 Å². The number of hydrogen-bond donors (Lipinski definition) is 2. The highest BCUT2D eigenvalue weighted by atomic mass is 19.1. The molecule has 0 radical (unpaired) electrons. The molecule has 2 N–H and O–H groups in total. The lowest BCUT2D eigenvalue weighted by atomic mass is 10.2. The molecule has 0 bridgehead atoms. The number of ether oxygens (including phenoxy) is 2. The molecule has 0 fully saturated rings. The van der Waals surface area contributed by atoms with Gasteiger partial charge >= 0.3 is 0 Å². The lowest BCUT2D eigenvalue weighted by Crippen LogP contribution is -2.15. The van der Waals surface area contributed by atoms with E-state index >= 15 is 0 Å². The number of furan rings is 1. The molecule has 2 amide bonds. The molecule has 0 unspecified atom stereocenters. The molecule has 7 nitrogen and oxygen atoms in total. The van der Waals surface area contributed by atoms with Crippen molar-refractivity contribution in [2.45, 2.75) is 0 Å². The van der Waals surface area contributed by atoms with E-state index < -0.39 is 17.6 Å². The largest absolute Gasteiger partial charge is 0.454 e. The molecule has 4 aromatic rings. The third kappa shape index (κ3) is 4.27. The van der Waals surface area contributed by atoms with Crippen LogP contribution in [0, 0.1) is 5.82 Å². The average Bonchev–Trinajstić information content (AvgIpc) is 3.42. The van der Waals surface area contributed by atoms with Crippen LogP contribution in [0.15, 0.2) is 77.2 Å². The number of halogens is 1. The number of anilines is 2. The van der Waals surface area contributed by atoms with E-state index in [0.717, 1.165) is 5.56 Å². The van der Waals surface area contributed by atoms with Crippen molar-refractivity contribution in [1.82, 2.24) is 0 Å². The Balaban J connectivity index is 1.40. The van der Waals surface area contributed by atoms with Crippen molar-refractivity contribution >= 4 is 40.2 Å². The summed E-state index contributed by atoms with van der Waals surface area (Å²) in [6.07, 6.45) is 2.96. The fraction of sp³-hybridized carbons (Fsp3) is 0.0400. The number of carbonyl (C=O) groups excluding carboxylic acids is 2. The van der Waals surface area contributed by atoms with Gasteiger partial charge < -0.3 is 24.5 Å². The Hall–Kier alpha value is -4.59. The number of nitrogens with one attached hydrogen (secondary N) is 2. The van der Waals surface area contributed by atoms with E-state index in [1.165, 1.54) is 24.3 Å². The minimum atomic E-state index is -0.619. The van der Waals surface area contributed by atoms with Gasteiger partial charge in [-0.25, -0.2) is 4.39 Å². The Labute approximate surface area is 187 Å². The number of hydrogen-bond acceptors (Lipinski definition) is 5. The summed E-state index contributed by atoms with van der Waals surface area (Å²) in [5.41, 5.74) is 1.66. The lowest BCUT2D eigenvalue weighted by molar-refractivity contribution is -0.111. The molecule has 1 aromatic heterocycles. The van der Waals surface area contributed by atoms with Crippen molar-refractivity contribution in [3.63, 3.8) is 0 Å². The second-order valence-corrected chi connectivity index (χ2v) is 7.20. The summed E-state index contributed by atoms with van der Waals surface area (Å²) in [6.45, 7) is 0.164. The van der Waals surface area contributed by atoms with E-state index in [1.807, 2.05) is 0 Å². The van der Waals surface area contributed by atoms with Gasteiger partial charge in [-0.15, -0.1) is 0 Å². The van der Waals surface area contributed by atoms with Crippen LogP contribution in [-0.4, -0.2) is 18.6 Å². The summed E-state index contributed by atoms with van der Waals surface area (Å²) in [5.74, 6) is -0.402. The smallest absolute Gasteiger partial charge is 0.293 e. The molecule has 8 heteroatoms. The quantitative estimate of drug-likeness (QED) is 0.413. The van der Waals surface area contributed by atoms with E-state index in [1.54, 1.807) is 54.6 Å².